The number of rotatable bonds is 10. The van der Waals surface area contributed by atoms with Gasteiger partial charge in [-0.2, -0.15) is 4.72 Å². The van der Waals surface area contributed by atoms with Crippen molar-refractivity contribution in [1.29, 1.82) is 0 Å². The molecule has 7 nitrogen and oxygen atoms in total. The van der Waals surface area contributed by atoms with E-state index in [1.165, 1.54) is 23.5 Å². The van der Waals surface area contributed by atoms with Crippen LogP contribution in [0, 0.1) is 12.8 Å². The summed E-state index contributed by atoms with van der Waals surface area (Å²) in [7, 11) is -3.81. The van der Waals surface area contributed by atoms with Crippen LogP contribution in [0.3, 0.4) is 0 Å². The van der Waals surface area contributed by atoms with Crippen LogP contribution < -0.4 is 10.0 Å². The van der Waals surface area contributed by atoms with E-state index < -0.39 is 22.0 Å². The summed E-state index contributed by atoms with van der Waals surface area (Å²) < 4.78 is 27.9. The van der Waals surface area contributed by atoms with Crippen molar-refractivity contribution in [2.75, 3.05) is 5.32 Å². The number of amides is 1. The standard InChI is InChI=1S/C19H28N4O3S2/c1-5-6-7-17-21-22-19(27-17)20-18(24)16(12-13(2)3)23-28(25,26)15-10-8-14(4)9-11-15/h8-11,13,16,23H,5-7,12H2,1-4H3,(H,20,22,24). The van der Waals surface area contributed by atoms with Gasteiger partial charge in [0, 0.05) is 6.42 Å². The lowest BCUT2D eigenvalue weighted by Crippen LogP contribution is -2.44. The number of nitrogens with zero attached hydrogens (tertiary/aromatic N) is 2. The molecule has 1 unspecified atom stereocenters. The fourth-order valence-electron chi connectivity index (χ4n) is 2.58. The first-order valence-electron chi connectivity index (χ1n) is 9.43. The minimum Gasteiger partial charge on any atom is -0.299 e. The zero-order valence-corrected chi connectivity index (χ0v) is 18.4. The minimum atomic E-state index is -3.81. The third kappa shape index (κ3) is 6.65. The molecule has 1 aromatic carbocycles. The van der Waals surface area contributed by atoms with Gasteiger partial charge in [0.1, 0.15) is 11.0 Å². The normalized spacial score (nSPS) is 12.9. The zero-order valence-electron chi connectivity index (χ0n) is 16.7. The van der Waals surface area contributed by atoms with Gasteiger partial charge < -0.3 is 0 Å². The molecule has 9 heteroatoms. The van der Waals surface area contributed by atoms with Crippen LogP contribution in [-0.2, 0) is 21.2 Å². The molecular formula is C19H28N4O3S2. The van der Waals surface area contributed by atoms with Crippen molar-refractivity contribution in [1.82, 2.24) is 14.9 Å². The molecule has 28 heavy (non-hydrogen) atoms. The Kier molecular flexibility index (Phi) is 8.09. The zero-order chi connectivity index (χ0) is 20.7. The van der Waals surface area contributed by atoms with Crippen molar-refractivity contribution in [3.05, 3.63) is 34.8 Å². The molecule has 0 saturated carbocycles. The van der Waals surface area contributed by atoms with Gasteiger partial charge in [-0.05, 0) is 37.8 Å². The van der Waals surface area contributed by atoms with E-state index in [4.69, 9.17) is 0 Å². The van der Waals surface area contributed by atoms with Crippen molar-refractivity contribution in [3.8, 4) is 0 Å². The fourth-order valence-corrected chi connectivity index (χ4v) is 4.57. The van der Waals surface area contributed by atoms with Crippen molar-refractivity contribution in [2.45, 2.75) is 64.3 Å². The Morgan fingerprint density at radius 2 is 1.86 bits per heavy atom. The number of benzene rings is 1. The molecule has 0 aliphatic heterocycles. The van der Waals surface area contributed by atoms with Gasteiger partial charge in [-0.3, -0.25) is 10.1 Å². The van der Waals surface area contributed by atoms with Crippen LogP contribution >= 0.6 is 11.3 Å². The molecule has 154 valence electrons. The third-order valence-electron chi connectivity index (χ3n) is 4.09. The van der Waals surface area contributed by atoms with Crippen molar-refractivity contribution in [3.63, 3.8) is 0 Å². The molecule has 0 fully saturated rings. The maximum Gasteiger partial charge on any atom is 0.244 e. The van der Waals surface area contributed by atoms with E-state index in [9.17, 15) is 13.2 Å². The average molecular weight is 425 g/mol. The quantitative estimate of drug-likeness (QED) is 0.608. The molecule has 0 radical (unpaired) electrons. The predicted molar refractivity (Wildman–Crippen MR) is 112 cm³/mol. The second-order valence-corrected chi connectivity index (χ2v) is 9.99. The summed E-state index contributed by atoms with van der Waals surface area (Å²) in [6.45, 7) is 7.86. The van der Waals surface area contributed by atoms with Crippen LogP contribution in [0.25, 0.3) is 0 Å². The molecule has 1 atom stereocenters. The second-order valence-electron chi connectivity index (χ2n) is 7.21. The van der Waals surface area contributed by atoms with Gasteiger partial charge in [-0.15, -0.1) is 10.2 Å². The van der Waals surface area contributed by atoms with Crippen molar-refractivity contribution in [2.24, 2.45) is 5.92 Å². The molecule has 0 bridgehead atoms. The Balaban J connectivity index is 2.12. The van der Waals surface area contributed by atoms with E-state index in [0.29, 0.717) is 11.6 Å². The largest absolute Gasteiger partial charge is 0.299 e. The van der Waals surface area contributed by atoms with Crippen molar-refractivity contribution < 1.29 is 13.2 Å². The second kappa shape index (κ2) is 10.1. The van der Waals surface area contributed by atoms with Crippen LogP contribution in [0.2, 0.25) is 0 Å². The van der Waals surface area contributed by atoms with Gasteiger partial charge in [0.2, 0.25) is 21.1 Å². The number of anilines is 1. The molecule has 1 heterocycles. The molecule has 0 aliphatic rings. The number of hydrogen-bond acceptors (Lipinski definition) is 6. The topological polar surface area (TPSA) is 101 Å². The van der Waals surface area contributed by atoms with E-state index in [2.05, 4.69) is 27.2 Å². The SMILES string of the molecule is CCCCc1nnc(NC(=O)C(CC(C)C)NS(=O)(=O)c2ccc(C)cc2)s1. The Labute approximate surface area is 171 Å². The predicted octanol–water partition coefficient (Wildman–Crippen LogP) is 3.52. The number of aromatic nitrogens is 2. The van der Waals surface area contributed by atoms with Crippen LogP contribution in [-0.4, -0.2) is 30.6 Å². The van der Waals surface area contributed by atoms with Gasteiger partial charge in [0.15, 0.2) is 0 Å². The maximum atomic E-state index is 12.7. The first-order valence-corrected chi connectivity index (χ1v) is 11.7. The lowest BCUT2D eigenvalue weighted by molar-refractivity contribution is -0.118. The Morgan fingerprint density at radius 1 is 1.18 bits per heavy atom. The number of carbonyl (C=O) groups excluding carboxylic acids is 1. The van der Waals surface area contributed by atoms with E-state index in [-0.39, 0.29) is 10.8 Å². The van der Waals surface area contributed by atoms with E-state index in [1.54, 1.807) is 12.1 Å². The molecule has 2 aromatic rings. The fraction of sp³-hybridized carbons (Fsp3) is 0.526. The molecule has 0 saturated heterocycles. The lowest BCUT2D eigenvalue weighted by atomic mass is 10.0. The molecule has 1 amide bonds. The molecule has 0 aliphatic carbocycles. The van der Waals surface area contributed by atoms with Crippen LogP contribution in [0.5, 0.6) is 0 Å². The van der Waals surface area contributed by atoms with Gasteiger partial charge >= 0.3 is 0 Å². The maximum absolute atomic E-state index is 12.7. The van der Waals surface area contributed by atoms with Gasteiger partial charge in [0.25, 0.3) is 0 Å². The van der Waals surface area contributed by atoms with E-state index in [0.717, 1.165) is 29.8 Å². The number of hydrogen-bond donors (Lipinski definition) is 2. The number of sulfonamides is 1. The number of nitrogens with one attached hydrogen (secondary N) is 2. The summed E-state index contributed by atoms with van der Waals surface area (Å²) in [5, 5.41) is 12.0. The molecule has 2 N–H and O–H groups in total. The highest BCUT2D eigenvalue weighted by Gasteiger charge is 2.27. The summed E-state index contributed by atoms with van der Waals surface area (Å²) in [5.41, 5.74) is 0.963. The summed E-state index contributed by atoms with van der Waals surface area (Å²) in [6.07, 6.45) is 3.26. The van der Waals surface area contributed by atoms with E-state index in [1.807, 2.05) is 20.8 Å². The summed E-state index contributed by atoms with van der Waals surface area (Å²) >= 11 is 1.32. The molecule has 2 rings (SSSR count). The van der Waals surface area contributed by atoms with Gasteiger partial charge in [-0.1, -0.05) is 56.2 Å². The van der Waals surface area contributed by atoms with Crippen LogP contribution in [0.4, 0.5) is 5.13 Å². The Bertz CT molecular complexity index is 877. The Hall–Kier alpha value is -1.84. The number of unbranched alkanes of at least 4 members (excludes halogenated alkanes) is 1. The Morgan fingerprint density at radius 3 is 2.46 bits per heavy atom. The summed E-state index contributed by atoms with van der Waals surface area (Å²) in [6, 6.07) is 5.63. The summed E-state index contributed by atoms with van der Waals surface area (Å²) in [5.74, 6) is -0.298. The minimum absolute atomic E-state index is 0.131. The number of carbonyl (C=O) groups is 1. The van der Waals surface area contributed by atoms with Gasteiger partial charge in [0.05, 0.1) is 4.90 Å². The molecule has 1 aromatic heterocycles. The van der Waals surface area contributed by atoms with Crippen LogP contribution in [0.15, 0.2) is 29.2 Å². The number of aryl methyl sites for hydroxylation is 2. The van der Waals surface area contributed by atoms with Gasteiger partial charge in [-0.25, -0.2) is 8.42 Å². The third-order valence-corrected chi connectivity index (χ3v) is 6.48. The molecular weight excluding hydrogens is 396 g/mol. The highest BCUT2D eigenvalue weighted by atomic mass is 32.2. The summed E-state index contributed by atoms with van der Waals surface area (Å²) in [4.78, 5) is 12.9. The first kappa shape index (κ1) is 22.4. The smallest absolute Gasteiger partial charge is 0.244 e. The monoisotopic (exact) mass is 424 g/mol. The van der Waals surface area contributed by atoms with E-state index >= 15 is 0 Å². The highest BCUT2D eigenvalue weighted by Crippen LogP contribution is 2.19. The van der Waals surface area contributed by atoms with Crippen LogP contribution in [0.1, 0.15) is 50.6 Å². The first-order chi connectivity index (χ1) is 13.2. The molecule has 0 spiro atoms. The highest BCUT2D eigenvalue weighted by molar-refractivity contribution is 7.89. The lowest BCUT2D eigenvalue weighted by Gasteiger charge is -2.19. The average Bonchev–Trinajstić information content (AvgIpc) is 3.06. The van der Waals surface area contributed by atoms with Crippen molar-refractivity contribution >= 4 is 32.4 Å².